The number of ether oxygens (including phenoxy) is 2. The normalized spacial score (nSPS) is 42.6. The Morgan fingerprint density at radius 1 is 1.24 bits per heavy atom. The van der Waals surface area contributed by atoms with Crippen LogP contribution in [0.2, 0.25) is 0 Å². The van der Waals surface area contributed by atoms with Crippen molar-refractivity contribution in [3.05, 3.63) is 47.6 Å². The Hall–Kier alpha value is -2.62. The highest BCUT2D eigenvalue weighted by molar-refractivity contribution is 7.80. The van der Waals surface area contributed by atoms with Gasteiger partial charge in [-0.05, 0) is 74.5 Å². The Balaban J connectivity index is 1.61. The number of aliphatic hydroxyl groups excluding tert-OH is 1. The first kappa shape index (κ1) is 26.0. The molecule has 0 radical (unpaired) electrons. The van der Waals surface area contributed by atoms with Crippen LogP contribution in [0.4, 0.5) is 13.2 Å². The molecule has 1 aromatic heterocycles. The van der Waals surface area contributed by atoms with Gasteiger partial charge >= 0.3 is 5.97 Å². The van der Waals surface area contributed by atoms with Crippen molar-refractivity contribution in [3.8, 4) is 0 Å². The van der Waals surface area contributed by atoms with Crippen LogP contribution in [-0.2, 0) is 14.3 Å². The monoisotopic (exact) mass is 538 g/mol. The van der Waals surface area contributed by atoms with Gasteiger partial charge in [0.25, 0.3) is 0 Å². The molecule has 4 aliphatic carbocycles. The van der Waals surface area contributed by atoms with Gasteiger partial charge in [0.2, 0.25) is 17.7 Å². The summed E-state index contributed by atoms with van der Waals surface area (Å²) in [6, 6.07) is 2.94. The van der Waals surface area contributed by atoms with Gasteiger partial charge in [0.05, 0.1) is 11.7 Å². The number of alkyl halides is 3. The molecule has 0 bridgehead atoms. The first-order valence-electron chi connectivity index (χ1n) is 12.4. The number of rotatable bonds is 4. The van der Waals surface area contributed by atoms with E-state index in [-0.39, 0.29) is 42.1 Å². The number of esters is 1. The number of ketones is 1. The van der Waals surface area contributed by atoms with Crippen LogP contribution < -0.4 is 0 Å². The van der Waals surface area contributed by atoms with Gasteiger partial charge in [-0.25, -0.2) is 18.0 Å². The van der Waals surface area contributed by atoms with E-state index in [9.17, 15) is 19.1 Å². The number of carbonyl (C=O) groups excluding carboxylic acids is 2. The number of carbonyl (C=O) groups is 2. The van der Waals surface area contributed by atoms with Crippen molar-refractivity contribution in [1.29, 1.82) is 0 Å². The van der Waals surface area contributed by atoms with E-state index in [0.717, 1.165) is 12.2 Å². The van der Waals surface area contributed by atoms with Crippen LogP contribution in [0.3, 0.4) is 0 Å². The first-order chi connectivity index (χ1) is 17.4. The second kappa shape index (κ2) is 8.44. The van der Waals surface area contributed by atoms with Gasteiger partial charge in [-0.2, -0.15) is 0 Å². The third kappa shape index (κ3) is 3.20. The molecule has 1 heterocycles. The molecule has 0 spiro atoms. The van der Waals surface area contributed by atoms with Crippen molar-refractivity contribution < 1.29 is 41.8 Å². The zero-order valence-corrected chi connectivity index (χ0v) is 21.6. The number of aliphatic hydroxyl groups is 1. The second-order valence-corrected chi connectivity index (χ2v) is 11.5. The summed E-state index contributed by atoms with van der Waals surface area (Å²) >= 11 is 5.50. The Morgan fingerprint density at radius 3 is 2.62 bits per heavy atom. The average Bonchev–Trinajstić information content (AvgIpc) is 3.45. The summed E-state index contributed by atoms with van der Waals surface area (Å²) in [5.41, 5.74) is -6.64. The number of fused-ring (bicyclic) bond motifs is 5. The molecule has 0 amide bonds. The fourth-order valence-corrected chi connectivity index (χ4v) is 8.47. The Morgan fingerprint density at radius 2 is 1.97 bits per heavy atom. The third-order valence-electron chi connectivity index (χ3n) is 9.80. The molecule has 3 fully saturated rings. The van der Waals surface area contributed by atoms with Gasteiger partial charge in [0.15, 0.2) is 11.4 Å². The van der Waals surface area contributed by atoms with E-state index >= 15 is 8.78 Å². The topological polar surface area (TPSA) is 86.0 Å². The molecule has 10 heteroatoms. The molecule has 3 unspecified atom stereocenters. The molecular formula is C27H29F3O6S. The fourth-order valence-electron chi connectivity index (χ4n) is 7.95. The number of thiocarbonyl (C=S) groups is 1. The molecule has 1 N–H and O–H groups in total. The van der Waals surface area contributed by atoms with Crippen molar-refractivity contribution in [2.75, 3.05) is 6.86 Å². The molecule has 4 aliphatic rings. The summed E-state index contributed by atoms with van der Waals surface area (Å²) in [6.45, 7) is 3.72. The van der Waals surface area contributed by atoms with Crippen LogP contribution in [0.5, 0.6) is 0 Å². The summed E-state index contributed by atoms with van der Waals surface area (Å²) < 4.78 is 62.8. The molecule has 6 nitrogen and oxygen atoms in total. The molecule has 37 heavy (non-hydrogen) atoms. The van der Waals surface area contributed by atoms with Crippen molar-refractivity contribution >= 4 is 29.0 Å². The predicted octanol–water partition coefficient (Wildman–Crippen LogP) is 5.93. The number of hydrogen-bond acceptors (Lipinski definition) is 7. The lowest BCUT2D eigenvalue weighted by atomic mass is 9.44. The minimum atomic E-state index is -2.12. The van der Waals surface area contributed by atoms with Crippen molar-refractivity contribution in [2.24, 2.45) is 28.6 Å². The summed E-state index contributed by atoms with van der Waals surface area (Å²) in [6.07, 6.45) is 1.78. The number of allylic oxidation sites excluding steroid dienone is 3. The van der Waals surface area contributed by atoms with Crippen LogP contribution in [0.15, 0.2) is 46.3 Å². The summed E-state index contributed by atoms with van der Waals surface area (Å²) in [5.74, 6) is -4.02. The molecule has 0 aliphatic heterocycles. The molecule has 0 aromatic carbocycles. The number of halogens is 3. The standard InChI is InChI=1S/C27H29F3O6S/c1-14-9-16-17-12-19(29)18-10-15(31)11-21(32)25(18,3)26(17,30)7-6-24(16,2)27(14,23(37)35-13-28)36-22(33)20-5-4-8-34-20/h4-5,8,10-11,14,16-17,19,31H,6-7,9,12-13H2,1-3H3/t14?,16-,17-,19?,24-,25+,26-,27?/m0/s1. The highest BCUT2D eigenvalue weighted by Crippen LogP contribution is 2.72. The van der Waals surface area contributed by atoms with Gasteiger partial charge in [-0.15, -0.1) is 0 Å². The van der Waals surface area contributed by atoms with Gasteiger partial charge in [0.1, 0.15) is 17.6 Å². The van der Waals surface area contributed by atoms with E-state index in [1.807, 2.05) is 0 Å². The molecular weight excluding hydrogens is 509 g/mol. The van der Waals surface area contributed by atoms with Gasteiger partial charge < -0.3 is 19.0 Å². The van der Waals surface area contributed by atoms with E-state index in [4.69, 9.17) is 26.1 Å². The van der Waals surface area contributed by atoms with E-state index in [1.54, 1.807) is 13.8 Å². The molecule has 5 rings (SSSR count). The Kier molecular flexibility index (Phi) is 5.93. The summed E-state index contributed by atoms with van der Waals surface area (Å²) in [4.78, 5) is 26.3. The van der Waals surface area contributed by atoms with E-state index in [2.05, 4.69) is 0 Å². The first-order valence-corrected chi connectivity index (χ1v) is 12.8. The lowest BCUT2D eigenvalue weighted by molar-refractivity contribution is -0.177. The van der Waals surface area contributed by atoms with E-state index < -0.39 is 70.4 Å². The smallest absolute Gasteiger partial charge is 0.375 e. The minimum Gasteiger partial charge on any atom is -0.508 e. The highest BCUT2D eigenvalue weighted by atomic mass is 32.1. The maximum atomic E-state index is 17.3. The number of hydrogen-bond donors (Lipinski definition) is 1. The lowest BCUT2D eigenvalue weighted by Gasteiger charge is -2.61. The predicted molar refractivity (Wildman–Crippen MR) is 130 cm³/mol. The van der Waals surface area contributed by atoms with E-state index in [0.29, 0.717) is 0 Å². The molecule has 200 valence electrons. The SMILES string of the molecule is CC1C[C@H]2[C@@H]3CC(F)C4=CC(O)=CC(=O)[C@]4(C)[C@]3(F)CC[C@]2(C)C1(OC(=O)c1ccco1)C(=S)OCF. The summed E-state index contributed by atoms with van der Waals surface area (Å²) in [5, 5.41) is 9.69. The third-order valence-corrected chi connectivity index (χ3v) is 10.2. The molecule has 1 aromatic rings. The van der Waals surface area contributed by atoms with Gasteiger partial charge in [-0.3, -0.25) is 4.79 Å². The Labute approximate surface area is 217 Å². The highest BCUT2D eigenvalue weighted by Gasteiger charge is 2.76. The maximum Gasteiger partial charge on any atom is 0.375 e. The lowest BCUT2D eigenvalue weighted by Crippen LogP contribution is -2.67. The van der Waals surface area contributed by atoms with Crippen LogP contribution in [0.1, 0.15) is 57.0 Å². The molecule has 0 saturated heterocycles. The van der Waals surface area contributed by atoms with Crippen LogP contribution in [-0.4, -0.2) is 46.2 Å². The quantitative estimate of drug-likeness (QED) is 0.376. The zero-order chi connectivity index (χ0) is 27.0. The zero-order valence-electron chi connectivity index (χ0n) is 20.8. The van der Waals surface area contributed by atoms with Gasteiger partial charge in [0, 0.05) is 23.3 Å². The van der Waals surface area contributed by atoms with Gasteiger partial charge in [-0.1, -0.05) is 13.8 Å². The van der Waals surface area contributed by atoms with Crippen LogP contribution in [0, 0.1) is 28.6 Å². The Bertz CT molecular complexity index is 1210. The minimum absolute atomic E-state index is 0.0577. The maximum absolute atomic E-state index is 17.3. The molecule has 3 saturated carbocycles. The second-order valence-electron chi connectivity index (χ2n) is 11.1. The van der Waals surface area contributed by atoms with E-state index in [1.165, 1.54) is 25.3 Å². The van der Waals surface area contributed by atoms with Crippen LogP contribution >= 0.6 is 12.2 Å². The largest absolute Gasteiger partial charge is 0.508 e. The summed E-state index contributed by atoms with van der Waals surface area (Å²) in [7, 11) is 0. The average molecular weight is 539 g/mol. The van der Waals surface area contributed by atoms with Crippen molar-refractivity contribution in [1.82, 2.24) is 0 Å². The number of furan rings is 1. The van der Waals surface area contributed by atoms with Crippen molar-refractivity contribution in [3.63, 3.8) is 0 Å². The van der Waals surface area contributed by atoms with Crippen LogP contribution in [0.25, 0.3) is 0 Å². The molecule has 8 atom stereocenters. The van der Waals surface area contributed by atoms with Crippen molar-refractivity contribution in [2.45, 2.75) is 63.9 Å². The fraction of sp³-hybridized carbons (Fsp3) is 0.593.